The normalized spacial score (nSPS) is 17.8. The number of aliphatic hydroxyl groups excluding tert-OH is 1. The first kappa shape index (κ1) is 19.5. The van der Waals surface area contributed by atoms with Gasteiger partial charge in [0.1, 0.15) is 0 Å². The summed E-state index contributed by atoms with van der Waals surface area (Å²) in [5.74, 6) is -0.209. The third kappa shape index (κ3) is 4.93. The number of hydrogen-bond donors (Lipinski definition) is 1. The lowest BCUT2D eigenvalue weighted by atomic mass is 10.0. The summed E-state index contributed by atoms with van der Waals surface area (Å²) in [6, 6.07) is 9.06. The molecule has 0 aliphatic carbocycles. The van der Waals surface area contributed by atoms with Crippen molar-refractivity contribution in [2.75, 3.05) is 33.3 Å². The van der Waals surface area contributed by atoms with Crippen LogP contribution in [0.5, 0.6) is 0 Å². The molecule has 1 aliphatic heterocycles. The largest absolute Gasteiger partial charge is 0.395 e. The molecule has 1 saturated heterocycles. The second-order valence-corrected chi connectivity index (χ2v) is 7.24. The van der Waals surface area contributed by atoms with Gasteiger partial charge in [-0.1, -0.05) is 36.4 Å². The molecule has 1 atom stereocenters. The van der Waals surface area contributed by atoms with E-state index in [1.807, 2.05) is 4.68 Å². The first-order valence-electron chi connectivity index (χ1n) is 9.69. The zero-order valence-corrected chi connectivity index (χ0v) is 16.2. The number of aromatic nitrogens is 3. The van der Waals surface area contributed by atoms with Crippen LogP contribution in [0.1, 0.15) is 47.4 Å². The molecule has 1 fully saturated rings. The maximum absolute atomic E-state index is 12.3. The molecule has 0 saturated carbocycles. The third-order valence-corrected chi connectivity index (χ3v) is 5.20. The number of nitrogens with zero attached hydrogens (tertiary/aromatic N) is 5. The number of aryl methyl sites for hydroxylation is 1. The van der Waals surface area contributed by atoms with E-state index in [9.17, 15) is 4.79 Å². The molecule has 0 bridgehead atoms. The molecule has 1 aromatic heterocycles. The first-order chi connectivity index (χ1) is 13.1. The highest BCUT2D eigenvalue weighted by atomic mass is 16.3. The predicted molar refractivity (Wildman–Crippen MR) is 103 cm³/mol. The first-order valence-corrected chi connectivity index (χ1v) is 9.69. The Hall–Kier alpha value is -2.25. The second kappa shape index (κ2) is 9.10. The van der Waals surface area contributed by atoms with E-state index in [4.69, 9.17) is 5.11 Å². The molecular formula is C20H29N5O2. The van der Waals surface area contributed by atoms with Crippen molar-refractivity contribution in [1.29, 1.82) is 0 Å². The minimum atomic E-state index is -0.209. The molecular weight excluding hydrogens is 342 g/mol. The molecule has 1 aromatic carbocycles. The fourth-order valence-electron chi connectivity index (χ4n) is 3.53. The van der Waals surface area contributed by atoms with Gasteiger partial charge in [-0.3, -0.25) is 9.69 Å². The number of piperidine rings is 1. The van der Waals surface area contributed by atoms with E-state index in [2.05, 4.69) is 46.4 Å². The number of carbonyl (C=O) groups is 1. The van der Waals surface area contributed by atoms with Crippen molar-refractivity contribution in [3.05, 3.63) is 47.3 Å². The van der Waals surface area contributed by atoms with Gasteiger partial charge in [-0.2, -0.15) is 0 Å². The van der Waals surface area contributed by atoms with Crippen LogP contribution in [0.4, 0.5) is 0 Å². The number of amides is 1. The lowest BCUT2D eigenvalue weighted by Crippen LogP contribution is -2.36. The fraction of sp³-hybridized carbons (Fsp3) is 0.550. The van der Waals surface area contributed by atoms with E-state index in [1.165, 1.54) is 16.0 Å². The Morgan fingerprint density at radius 2 is 2.04 bits per heavy atom. The van der Waals surface area contributed by atoms with Gasteiger partial charge in [0.2, 0.25) is 0 Å². The Kier molecular flexibility index (Phi) is 6.58. The lowest BCUT2D eigenvalue weighted by molar-refractivity contribution is 0.0761. The Morgan fingerprint density at radius 1 is 1.30 bits per heavy atom. The molecule has 0 spiro atoms. The summed E-state index contributed by atoms with van der Waals surface area (Å²) >= 11 is 0. The smallest absolute Gasteiger partial charge is 0.275 e. The topological polar surface area (TPSA) is 74.5 Å². The van der Waals surface area contributed by atoms with Gasteiger partial charge in [-0.25, -0.2) is 4.68 Å². The zero-order chi connectivity index (χ0) is 19.2. The summed E-state index contributed by atoms with van der Waals surface area (Å²) in [5.41, 5.74) is 3.02. The average Bonchev–Trinajstić information content (AvgIpc) is 3.18. The Balaban J connectivity index is 1.61. The summed E-state index contributed by atoms with van der Waals surface area (Å²) in [5, 5.41) is 17.2. The van der Waals surface area contributed by atoms with Gasteiger partial charge in [0, 0.05) is 26.7 Å². The van der Waals surface area contributed by atoms with E-state index in [-0.39, 0.29) is 18.6 Å². The summed E-state index contributed by atoms with van der Waals surface area (Å²) in [7, 11) is 1.66. The molecule has 1 amide bonds. The standard InChI is InChI=1S/C20H29N5O2/c1-3-16-6-8-17(9-7-16)13-24-10-4-5-18(14-24)25-15-19(21-22-25)20(27)23(2)11-12-26/h6-9,15,18,26H,3-5,10-14H2,1-2H3/t18-/m1/s1. The van der Waals surface area contributed by atoms with E-state index < -0.39 is 0 Å². The van der Waals surface area contributed by atoms with Crippen LogP contribution in [-0.4, -0.2) is 69.1 Å². The highest BCUT2D eigenvalue weighted by Gasteiger charge is 2.24. The SMILES string of the molecule is CCc1ccc(CN2CCC[C@@H](n3cc(C(=O)N(C)CCO)nn3)C2)cc1. The van der Waals surface area contributed by atoms with Crippen molar-refractivity contribution in [1.82, 2.24) is 24.8 Å². The number of likely N-dealkylation sites (N-methyl/N-ethyl adjacent to an activating group) is 1. The van der Waals surface area contributed by atoms with Crippen molar-refractivity contribution in [2.24, 2.45) is 0 Å². The number of benzene rings is 1. The number of likely N-dealkylation sites (tertiary alicyclic amines) is 1. The van der Waals surface area contributed by atoms with E-state index in [1.54, 1.807) is 13.2 Å². The number of hydrogen-bond acceptors (Lipinski definition) is 5. The fourth-order valence-corrected chi connectivity index (χ4v) is 3.53. The van der Waals surface area contributed by atoms with Gasteiger partial charge >= 0.3 is 0 Å². The van der Waals surface area contributed by atoms with Crippen molar-refractivity contribution in [2.45, 2.75) is 38.8 Å². The van der Waals surface area contributed by atoms with Crippen LogP contribution in [0.15, 0.2) is 30.5 Å². The van der Waals surface area contributed by atoms with Gasteiger partial charge in [0.05, 0.1) is 18.8 Å². The Labute approximate surface area is 160 Å². The minimum absolute atomic E-state index is 0.0623. The monoisotopic (exact) mass is 371 g/mol. The van der Waals surface area contributed by atoms with Gasteiger partial charge in [-0.05, 0) is 36.9 Å². The van der Waals surface area contributed by atoms with Crippen molar-refractivity contribution in [3.63, 3.8) is 0 Å². The molecule has 3 rings (SSSR count). The van der Waals surface area contributed by atoms with E-state index in [0.29, 0.717) is 12.2 Å². The average molecular weight is 371 g/mol. The summed E-state index contributed by atoms with van der Waals surface area (Å²) in [4.78, 5) is 16.2. The minimum Gasteiger partial charge on any atom is -0.395 e. The predicted octanol–water partition coefficient (Wildman–Crippen LogP) is 1.74. The van der Waals surface area contributed by atoms with Gasteiger partial charge in [0.15, 0.2) is 5.69 Å². The quantitative estimate of drug-likeness (QED) is 0.802. The van der Waals surface area contributed by atoms with Crippen molar-refractivity contribution < 1.29 is 9.90 Å². The summed E-state index contributed by atoms with van der Waals surface area (Å²) in [6.45, 7) is 5.31. The van der Waals surface area contributed by atoms with Crippen LogP contribution in [0.3, 0.4) is 0 Å². The van der Waals surface area contributed by atoms with E-state index >= 15 is 0 Å². The molecule has 0 radical (unpaired) electrons. The third-order valence-electron chi connectivity index (χ3n) is 5.20. The van der Waals surface area contributed by atoms with Crippen LogP contribution in [0, 0.1) is 0 Å². The zero-order valence-electron chi connectivity index (χ0n) is 16.2. The van der Waals surface area contributed by atoms with E-state index in [0.717, 1.165) is 38.9 Å². The highest BCUT2D eigenvalue weighted by molar-refractivity contribution is 5.91. The van der Waals surface area contributed by atoms with Crippen molar-refractivity contribution >= 4 is 5.91 Å². The van der Waals surface area contributed by atoms with Crippen molar-refractivity contribution in [3.8, 4) is 0 Å². The highest BCUT2D eigenvalue weighted by Crippen LogP contribution is 2.22. The maximum Gasteiger partial charge on any atom is 0.275 e. The second-order valence-electron chi connectivity index (χ2n) is 7.24. The van der Waals surface area contributed by atoms with Crippen LogP contribution < -0.4 is 0 Å². The lowest BCUT2D eigenvalue weighted by Gasteiger charge is -2.32. The van der Waals surface area contributed by atoms with Crippen LogP contribution in [0.25, 0.3) is 0 Å². The Morgan fingerprint density at radius 3 is 2.74 bits per heavy atom. The molecule has 7 heteroatoms. The Bertz CT molecular complexity index is 743. The molecule has 7 nitrogen and oxygen atoms in total. The van der Waals surface area contributed by atoms with Crippen LogP contribution >= 0.6 is 0 Å². The molecule has 1 aliphatic rings. The van der Waals surface area contributed by atoms with Gasteiger partial charge in [-0.15, -0.1) is 5.10 Å². The molecule has 146 valence electrons. The number of carbonyl (C=O) groups excluding carboxylic acids is 1. The number of aliphatic hydroxyl groups is 1. The van der Waals surface area contributed by atoms with Gasteiger partial charge < -0.3 is 10.0 Å². The number of rotatable bonds is 7. The van der Waals surface area contributed by atoms with Crippen LogP contribution in [0.2, 0.25) is 0 Å². The molecule has 2 heterocycles. The molecule has 0 unspecified atom stereocenters. The molecule has 2 aromatic rings. The summed E-state index contributed by atoms with van der Waals surface area (Å²) in [6.07, 6.45) is 4.94. The molecule has 1 N–H and O–H groups in total. The summed E-state index contributed by atoms with van der Waals surface area (Å²) < 4.78 is 1.83. The molecule has 27 heavy (non-hydrogen) atoms. The van der Waals surface area contributed by atoms with Gasteiger partial charge in [0.25, 0.3) is 5.91 Å². The maximum atomic E-state index is 12.3. The van der Waals surface area contributed by atoms with Crippen LogP contribution in [-0.2, 0) is 13.0 Å².